The number of hydrogen-bond acceptors (Lipinski definition) is 4. The average Bonchev–Trinajstić information content (AvgIpc) is 2.67. The average molecular weight is 361 g/mol. The maximum atomic E-state index is 11.9. The first kappa shape index (κ1) is 20.0. The van der Waals surface area contributed by atoms with E-state index in [2.05, 4.69) is 36.9 Å². The summed E-state index contributed by atoms with van der Waals surface area (Å²) in [7, 11) is 1.66. The standard InChI is InChI=1S/C19H32N6O/c1-5-21-18(23-14-19(2,3)17(26)20-4)24-15-9-12-25(13-10-15)16-8-6-7-11-22-16/h6-8,11,15H,5,9-10,12-14H2,1-4H3,(H,20,26)(H2,21,23,24). The first-order valence-corrected chi connectivity index (χ1v) is 9.39. The Bertz CT molecular complexity index is 593. The van der Waals surface area contributed by atoms with Gasteiger partial charge in [0.1, 0.15) is 5.82 Å². The summed E-state index contributed by atoms with van der Waals surface area (Å²) >= 11 is 0. The topological polar surface area (TPSA) is 81.6 Å². The van der Waals surface area contributed by atoms with E-state index in [1.807, 2.05) is 39.1 Å². The monoisotopic (exact) mass is 360 g/mol. The normalized spacial score (nSPS) is 16.3. The molecule has 0 aromatic carbocycles. The molecule has 1 aromatic heterocycles. The lowest BCUT2D eigenvalue weighted by Crippen LogP contribution is -2.49. The van der Waals surface area contributed by atoms with Crippen molar-refractivity contribution >= 4 is 17.7 Å². The van der Waals surface area contributed by atoms with Gasteiger partial charge >= 0.3 is 0 Å². The van der Waals surface area contributed by atoms with Crippen LogP contribution in [0.25, 0.3) is 0 Å². The molecule has 1 fully saturated rings. The molecule has 3 N–H and O–H groups in total. The maximum absolute atomic E-state index is 11.9. The Labute approximate surface area is 156 Å². The van der Waals surface area contributed by atoms with Crippen molar-refractivity contribution in [1.82, 2.24) is 20.9 Å². The van der Waals surface area contributed by atoms with Gasteiger partial charge in [-0.3, -0.25) is 9.79 Å². The largest absolute Gasteiger partial charge is 0.359 e. The number of piperidine rings is 1. The summed E-state index contributed by atoms with van der Waals surface area (Å²) in [5.41, 5.74) is -0.528. The molecule has 26 heavy (non-hydrogen) atoms. The van der Waals surface area contributed by atoms with Gasteiger partial charge in [-0.25, -0.2) is 4.98 Å². The van der Waals surface area contributed by atoms with Gasteiger partial charge in [0.25, 0.3) is 0 Å². The molecule has 0 saturated carbocycles. The van der Waals surface area contributed by atoms with Crippen molar-refractivity contribution in [2.75, 3.05) is 38.1 Å². The fourth-order valence-corrected chi connectivity index (χ4v) is 2.99. The molecule has 1 amide bonds. The Morgan fingerprint density at radius 3 is 2.65 bits per heavy atom. The van der Waals surface area contributed by atoms with Crippen molar-refractivity contribution < 1.29 is 4.79 Å². The molecule has 1 aromatic rings. The molecular formula is C19H32N6O. The minimum Gasteiger partial charge on any atom is -0.359 e. The highest BCUT2D eigenvalue weighted by Crippen LogP contribution is 2.18. The lowest BCUT2D eigenvalue weighted by molar-refractivity contribution is -0.128. The number of aromatic nitrogens is 1. The molecule has 0 aliphatic carbocycles. The molecule has 2 rings (SSSR count). The molecule has 144 valence electrons. The van der Waals surface area contributed by atoms with E-state index in [0.29, 0.717) is 12.6 Å². The van der Waals surface area contributed by atoms with Crippen molar-refractivity contribution in [2.24, 2.45) is 10.4 Å². The minimum atomic E-state index is -0.528. The number of nitrogens with zero attached hydrogens (tertiary/aromatic N) is 3. The lowest BCUT2D eigenvalue weighted by Gasteiger charge is -2.34. The molecule has 0 radical (unpaired) electrons. The third kappa shape index (κ3) is 5.61. The van der Waals surface area contributed by atoms with E-state index in [4.69, 9.17) is 0 Å². The van der Waals surface area contributed by atoms with Crippen molar-refractivity contribution in [2.45, 2.75) is 39.7 Å². The number of amides is 1. The number of aliphatic imine (C=N–C) groups is 1. The van der Waals surface area contributed by atoms with Crippen LogP contribution in [-0.4, -0.2) is 56.1 Å². The molecular weight excluding hydrogens is 328 g/mol. The Balaban J connectivity index is 1.90. The third-order valence-corrected chi connectivity index (χ3v) is 4.63. The number of anilines is 1. The predicted octanol–water partition coefficient (Wildman–Crippen LogP) is 1.38. The van der Waals surface area contributed by atoms with Crippen LogP contribution in [0.15, 0.2) is 29.4 Å². The number of guanidine groups is 1. The smallest absolute Gasteiger partial charge is 0.227 e. The first-order valence-electron chi connectivity index (χ1n) is 9.39. The fourth-order valence-electron chi connectivity index (χ4n) is 2.99. The Hall–Kier alpha value is -2.31. The van der Waals surface area contributed by atoms with Crippen LogP contribution in [0.2, 0.25) is 0 Å². The van der Waals surface area contributed by atoms with Crippen LogP contribution in [0.4, 0.5) is 5.82 Å². The highest BCUT2D eigenvalue weighted by Gasteiger charge is 2.27. The summed E-state index contributed by atoms with van der Waals surface area (Å²) in [4.78, 5) is 23.3. The van der Waals surface area contributed by atoms with Gasteiger partial charge in [0.05, 0.1) is 12.0 Å². The number of carbonyl (C=O) groups excluding carboxylic acids is 1. The molecule has 0 bridgehead atoms. The SMILES string of the molecule is CCNC(=NCC(C)(C)C(=O)NC)NC1CCN(c2ccccn2)CC1. The number of rotatable bonds is 6. The molecule has 1 aliphatic rings. The van der Waals surface area contributed by atoms with Gasteiger partial charge in [-0.2, -0.15) is 0 Å². The van der Waals surface area contributed by atoms with E-state index in [-0.39, 0.29) is 5.91 Å². The zero-order valence-electron chi connectivity index (χ0n) is 16.4. The predicted molar refractivity (Wildman–Crippen MR) is 106 cm³/mol. The van der Waals surface area contributed by atoms with E-state index in [0.717, 1.165) is 44.3 Å². The van der Waals surface area contributed by atoms with Gasteiger partial charge < -0.3 is 20.9 Å². The molecule has 0 unspecified atom stereocenters. The quantitative estimate of drug-likeness (QED) is 0.527. The summed E-state index contributed by atoms with van der Waals surface area (Å²) in [6, 6.07) is 6.39. The second kappa shape index (κ2) is 9.40. The van der Waals surface area contributed by atoms with Crippen LogP contribution in [0.1, 0.15) is 33.6 Å². The third-order valence-electron chi connectivity index (χ3n) is 4.63. The Morgan fingerprint density at radius 1 is 1.35 bits per heavy atom. The van der Waals surface area contributed by atoms with Gasteiger partial charge in [-0.05, 0) is 45.7 Å². The van der Waals surface area contributed by atoms with Gasteiger partial charge in [-0.1, -0.05) is 6.07 Å². The zero-order chi connectivity index (χ0) is 19.0. The van der Waals surface area contributed by atoms with Crippen LogP contribution in [0.5, 0.6) is 0 Å². The zero-order valence-corrected chi connectivity index (χ0v) is 16.4. The number of pyridine rings is 1. The summed E-state index contributed by atoms with van der Waals surface area (Å²) < 4.78 is 0. The van der Waals surface area contributed by atoms with Crippen molar-refractivity contribution in [3.8, 4) is 0 Å². The van der Waals surface area contributed by atoms with E-state index in [9.17, 15) is 4.79 Å². The minimum absolute atomic E-state index is 0.000711. The molecule has 2 heterocycles. The van der Waals surface area contributed by atoms with Crippen LogP contribution in [0, 0.1) is 5.41 Å². The van der Waals surface area contributed by atoms with Gasteiger partial charge in [0.15, 0.2) is 5.96 Å². The number of carbonyl (C=O) groups is 1. The highest BCUT2D eigenvalue weighted by molar-refractivity contribution is 5.83. The lowest BCUT2D eigenvalue weighted by atomic mass is 9.93. The fraction of sp³-hybridized carbons (Fsp3) is 0.632. The molecule has 0 spiro atoms. The van der Waals surface area contributed by atoms with E-state index in [1.54, 1.807) is 7.05 Å². The molecule has 1 aliphatic heterocycles. The van der Waals surface area contributed by atoms with E-state index in [1.165, 1.54) is 0 Å². The van der Waals surface area contributed by atoms with Crippen molar-refractivity contribution in [3.63, 3.8) is 0 Å². The molecule has 0 atom stereocenters. The Kier molecular flexibility index (Phi) is 7.24. The maximum Gasteiger partial charge on any atom is 0.227 e. The second-order valence-corrected chi connectivity index (χ2v) is 7.25. The number of hydrogen-bond donors (Lipinski definition) is 3. The molecule has 1 saturated heterocycles. The van der Waals surface area contributed by atoms with Gasteiger partial charge in [-0.15, -0.1) is 0 Å². The van der Waals surface area contributed by atoms with Crippen LogP contribution in [-0.2, 0) is 4.79 Å². The van der Waals surface area contributed by atoms with Gasteiger partial charge in [0, 0.05) is 38.9 Å². The molecule has 7 heteroatoms. The molecule has 7 nitrogen and oxygen atoms in total. The summed E-state index contributed by atoms with van der Waals surface area (Å²) in [6.07, 6.45) is 3.89. The second-order valence-electron chi connectivity index (χ2n) is 7.25. The van der Waals surface area contributed by atoms with Crippen molar-refractivity contribution in [1.29, 1.82) is 0 Å². The Morgan fingerprint density at radius 2 is 2.08 bits per heavy atom. The summed E-state index contributed by atoms with van der Waals surface area (Å²) in [6.45, 7) is 9.03. The summed E-state index contributed by atoms with van der Waals surface area (Å²) in [5.74, 6) is 1.82. The van der Waals surface area contributed by atoms with E-state index < -0.39 is 5.41 Å². The van der Waals surface area contributed by atoms with Crippen LogP contribution in [0.3, 0.4) is 0 Å². The van der Waals surface area contributed by atoms with Crippen LogP contribution < -0.4 is 20.9 Å². The highest BCUT2D eigenvalue weighted by atomic mass is 16.2. The first-order chi connectivity index (χ1) is 12.5. The van der Waals surface area contributed by atoms with Crippen molar-refractivity contribution in [3.05, 3.63) is 24.4 Å². The van der Waals surface area contributed by atoms with Gasteiger partial charge in [0.2, 0.25) is 5.91 Å². The van der Waals surface area contributed by atoms with Crippen LogP contribution >= 0.6 is 0 Å². The number of nitrogens with one attached hydrogen (secondary N) is 3. The van der Waals surface area contributed by atoms with E-state index >= 15 is 0 Å². The summed E-state index contributed by atoms with van der Waals surface area (Å²) in [5, 5.41) is 9.50.